The molecule has 0 aliphatic heterocycles. The zero-order valence-electron chi connectivity index (χ0n) is 16.6. The minimum Gasteiger partial charge on any atom is -0.378 e. The number of rotatable bonds is 7. The maximum Gasteiger partial charge on any atom is 0.251 e. The van der Waals surface area contributed by atoms with Gasteiger partial charge in [0.05, 0.1) is 0 Å². The van der Waals surface area contributed by atoms with Crippen LogP contribution in [0.1, 0.15) is 22.0 Å². The van der Waals surface area contributed by atoms with Crippen molar-refractivity contribution in [3.8, 4) is 5.82 Å². The molecule has 1 amide bonds. The molecule has 1 aromatic carbocycles. The first-order valence-electron chi connectivity index (χ1n) is 9.09. The highest BCUT2D eigenvalue weighted by Crippen LogP contribution is 2.14. The average Bonchev–Trinajstić information content (AvgIpc) is 3.10. The molecule has 146 valence electrons. The molecule has 2 N–H and O–H groups in total. The Morgan fingerprint density at radius 2 is 1.96 bits per heavy atom. The number of anilines is 2. The minimum atomic E-state index is -0.0981. The molecule has 0 aliphatic rings. The predicted octanol–water partition coefficient (Wildman–Crippen LogP) is 2.19. The van der Waals surface area contributed by atoms with Gasteiger partial charge in [-0.3, -0.25) is 9.36 Å². The standard InChI is InChI=1S/C20H25N7O/c1-14-24-18(13-19(25-14)27-11-10-21-15(27)2)22-8-9-23-20(28)16-6-5-7-17(12-16)26(3)4/h5-7,10-13H,8-9H2,1-4H3,(H,23,28)(H,22,24,25). The molecule has 2 aromatic heterocycles. The van der Waals surface area contributed by atoms with Crippen LogP contribution >= 0.6 is 0 Å². The second-order valence-corrected chi connectivity index (χ2v) is 6.63. The van der Waals surface area contributed by atoms with Gasteiger partial charge in [0, 0.05) is 56.9 Å². The van der Waals surface area contributed by atoms with Gasteiger partial charge in [-0.2, -0.15) is 0 Å². The third kappa shape index (κ3) is 4.64. The Morgan fingerprint density at radius 1 is 1.14 bits per heavy atom. The van der Waals surface area contributed by atoms with E-state index in [4.69, 9.17) is 0 Å². The van der Waals surface area contributed by atoms with Gasteiger partial charge >= 0.3 is 0 Å². The number of aryl methyl sites for hydroxylation is 2. The molecule has 3 rings (SSSR count). The molecule has 0 spiro atoms. The Morgan fingerprint density at radius 3 is 2.68 bits per heavy atom. The van der Waals surface area contributed by atoms with Crippen LogP contribution in [0.5, 0.6) is 0 Å². The fourth-order valence-corrected chi connectivity index (χ4v) is 2.78. The first-order chi connectivity index (χ1) is 13.4. The highest BCUT2D eigenvalue weighted by molar-refractivity contribution is 5.95. The summed E-state index contributed by atoms with van der Waals surface area (Å²) in [6.07, 6.45) is 3.60. The Kier molecular flexibility index (Phi) is 5.88. The van der Waals surface area contributed by atoms with Gasteiger partial charge in [0.15, 0.2) is 0 Å². The van der Waals surface area contributed by atoms with Crippen LogP contribution in [0.2, 0.25) is 0 Å². The normalized spacial score (nSPS) is 10.6. The highest BCUT2D eigenvalue weighted by Gasteiger charge is 2.08. The lowest BCUT2D eigenvalue weighted by molar-refractivity contribution is 0.0955. The Bertz CT molecular complexity index is 965. The van der Waals surface area contributed by atoms with Crippen molar-refractivity contribution in [3.63, 3.8) is 0 Å². The summed E-state index contributed by atoms with van der Waals surface area (Å²) in [6, 6.07) is 9.39. The van der Waals surface area contributed by atoms with Crippen LogP contribution in [0.15, 0.2) is 42.7 Å². The number of carbonyl (C=O) groups is 1. The number of benzene rings is 1. The SMILES string of the molecule is Cc1nc(NCCNC(=O)c2cccc(N(C)C)c2)cc(-n2ccnc2C)n1. The summed E-state index contributed by atoms with van der Waals surface area (Å²) in [6.45, 7) is 4.80. The predicted molar refractivity (Wildman–Crippen MR) is 110 cm³/mol. The van der Waals surface area contributed by atoms with Crippen molar-refractivity contribution in [2.45, 2.75) is 13.8 Å². The monoisotopic (exact) mass is 379 g/mol. The lowest BCUT2D eigenvalue weighted by atomic mass is 10.2. The maximum atomic E-state index is 12.3. The van der Waals surface area contributed by atoms with E-state index in [0.717, 1.165) is 17.3 Å². The van der Waals surface area contributed by atoms with Crippen molar-refractivity contribution in [1.82, 2.24) is 24.8 Å². The van der Waals surface area contributed by atoms with Gasteiger partial charge in [-0.05, 0) is 32.0 Å². The molecule has 0 saturated carbocycles. The average molecular weight is 379 g/mol. The number of nitrogens with one attached hydrogen (secondary N) is 2. The summed E-state index contributed by atoms with van der Waals surface area (Å²) < 4.78 is 1.90. The Hall–Kier alpha value is -3.42. The van der Waals surface area contributed by atoms with Crippen molar-refractivity contribution in [1.29, 1.82) is 0 Å². The zero-order valence-corrected chi connectivity index (χ0v) is 16.6. The van der Waals surface area contributed by atoms with E-state index >= 15 is 0 Å². The van der Waals surface area contributed by atoms with Crippen molar-refractivity contribution < 1.29 is 4.79 Å². The molecule has 0 unspecified atom stereocenters. The number of hydrogen-bond donors (Lipinski definition) is 2. The Labute approximate surface area is 164 Å². The van der Waals surface area contributed by atoms with Crippen LogP contribution < -0.4 is 15.5 Å². The van der Waals surface area contributed by atoms with Gasteiger partial charge < -0.3 is 15.5 Å². The molecule has 8 nitrogen and oxygen atoms in total. The van der Waals surface area contributed by atoms with E-state index in [1.54, 1.807) is 6.20 Å². The van der Waals surface area contributed by atoms with Crippen LogP contribution in [-0.2, 0) is 0 Å². The van der Waals surface area contributed by atoms with E-state index < -0.39 is 0 Å². The second-order valence-electron chi connectivity index (χ2n) is 6.63. The van der Waals surface area contributed by atoms with Crippen LogP contribution in [0, 0.1) is 13.8 Å². The molecule has 0 aliphatic carbocycles. The minimum absolute atomic E-state index is 0.0981. The van der Waals surface area contributed by atoms with E-state index in [1.807, 2.05) is 73.9 Å². The molecule has 0 atom stereocenters. The van der Waals surface area contributed by atoms with Crippen LogP contribution in [0.3, 0.4) is 0 Å². The first kappa shape index (κ1) is 19.3. The summed E-state index contributed by atoms with van der Waals surface area (Å²) in [5.74, 6) is 2.89. The molecular formula is C20H25N7O. The quantitative estimate of drug-likeness (QED) is 0.612. The van der Waals surface area contributed by atoms with E-state index in [2.05, 4.69) is 25.6 Å². The molecule has 0 bridgehead atoms. The molecule has 3 aromatic rings. The summed E-state index contributed by atoms with van der Waals surface area (Å²) >= 11 is 0. The molecule has 0 fully saturated rings. The summed E-state index contributed by atoms with van der Waals surface area (Å²) in [7, 11) is 3.90. The van der Waals surface area contributed by atoms with Gasteiger partial charge in [-0.25, -0.2) is 15.0 Å². The van der Waals surface area contributed by atoms with Crippen LogP contribution in [-0.4, -0.2) is 52.6 Å². The smallest absolute Gasteiger partial charge is 0.251 e. The summed E-state index contributed by atoms with van der Waals surface area (Å²) in [5.41, 5.74) is 1.63. The van der Waals surface area contributed by atoms with Gasteiger partial charge in [-0.15, -0.1) is 0 Å². The second kappa shape index (κ2) is 8.51. The van der Waals surface area contributed by atoms with Crippen LogP contribution in [0.25, 0.3) is 5.82 Å². The van der Waals surface area contributed by atoms with Gasteiger partial charge in [-0.1, -0.05) is 6.07 Å². The summed E-state index contributed by atoms with van der Waals surface area (Å²) in [5, 5.41) is 6.16. The number of carbonyl (C=O) groups excluding carboxylic acids is 1. The molecule has 28 heavy (non-hydrogen) atoms. The van der Waals surface area contributed by atoms with Gasteiger partial charge in [0.2, 0.25) is 0 Å². The lowest BCUT2D eigenvalue weighted by Crippen LogP contribution is -2.29. The van der Waals surface area contributed by atoms with Crippen molar-refractivity contribution in [3.05, 3.63) is 59.9 Å². The molecular weight excluding hydrogens is 354 g/mol. The third-order valence-corrected chi connectivity index (χ3v) is 4.24. The Balaban J connectivity index is 1.57. The highest BCUT2D eigenvalue weighted by atomic mass is 16.1. The van der Waals surface area contributed by atoms with E-state index in [0.29, 0.717) is 30.3 Å². The number of amides is 1. The van der Waals surface area contributed by atoms with Crippen molar-refractivity contribution in [2.24, 2.45) is 0 Å². The number of aromatic nitrogens is 4. The van der Waals surface area contributed by atoms with Crippen molar-refractivity contribution >= 4 is 17.4 Å². The number of imidazole rings is 1. The van der Waals surface area contributed by atoms with E-state index in [1.165, 1.54) is 0 Å². The van der Waals surface area contributed by atoms with Crippen molar-refractivity contribution in [2.75, 3.05) is 37.4 Å². The third-order valence-electron chi connectivity index (χ3n) is 4.24. The fourth-order valence-electron chi connectivity index (χ4n) is 2.78. The van der Waals surface area contributed by atoms with Gasteiger partial charge in [0.1, 0.15) is 23.3 Å². The first-order valence-corrected chi connectivity index (χ1v) is 9.09. The fraction of sp³-hybridized carbons (Fsp3) is 0.300. The molecule has 0 radical (unpaired) electrons. The maximum absolute atomic E-state index is 12.3. The van der Waals surface area contributed by atoms with Crippen LogP contribution in [0.4, 0.5) is 11.5 Å². The zero-order chi connectivity index (χ0) is 20.1. The number of nitrogens with zero attached hydrogens (tertiary/aromatic N) is 5. The van der Waals surface area contributed by atoms with E-state index in [9.17, 15) is 4.79 Å². The molecule has 8 heteroatoms. The topological polar surface area (TPSA) is 88.0 Å². The number of hydrogen-bond acceptors (Lipinski definition) is 6. The largest absolute Gasteiger partial charge is 0.378 e. The van der Waals surface area contributed by atoms with Gasteiger partial charge in [0.25, 0.3) is 5.91 Å². The molecule has 2 heterocycles. The lowest BCUT2D eigenvalue weighted by Gasteiger charge is -2.14. The summed E-state index contributed by atoms with van der Waals surface area (Å²) in [4.78, 5) is 27.4. The van der Waals surface area contributed by atoms with E-state index in [-0.39, 0.29) is 5.91 Å². The molecule has 0 saturated heterocycles.